The Kier molecular flexibility index (Phi) is 3.90. The van der Waals surface area contributed by atoms with Crippen LogP contribution in [-0.2, 0) is 6.54 Å². The molecule has 0 saturated carbocycles. The number of aromatic nitrogens is 1. The van der Waals surface area contributed by atoms with Crippen LogP contribution < -0.4 is 0 Å². The summed E-state index contributed by atoms with van der Waals surface area (Å²) in [4.78, 5) is 11.1. The first-order valence-corrected chi connectivity index (χ1v) is 5.15. The van der Waals surface area contributed by atoms with Crippen LogP contribution in [0.25, 0.3) is 0 Å². The summed E-state index contributed by atoms with van der Waals surface area (Å²) in [6, 6.07) is 1.82. The van der Waals surface area contributed by atoms with E-state index in [-0.39, 0.29) is 12.5 Å². The lowest BCUT2D eigenvalue weighted by atomic mass is 10.3. The van der Waals surface area contributed by atoms with Gasteiger partial charge >= 0.3 is 0 Å². The summed E-state index contributed by atoms with van der Waals surface area (Å²) >= 11 is 2.14. The van der Waals surface area contributed by atoms with Crippen molar-refractivity contribution in [1.82, 2.24) is 4.57 Å². The number of hydrogen-bond acceptors (Lipinski definition) is 1. The fourth-order valence-corrected chi connectivity index (χ4v) is 1.82. The van der Waals surface area contributed by atoms with E-state index in [2.05, 4.69) is 22.6 Å². The monoisotopic (exact) mass is 295 g/mol. The van der Waals surface area contributed by atoms with Gasteiger partial charge in [0.05, 0.1) is 12.4 Å². The van der Waals surface area contributed by atoms with Crippen molar-refractivity contribution in [3.8, 4) is 0 Å². The van der Waals surface area contributed by atoms with Crippen LogP contribution in [0.4, 0.5) is 4.39 Å². The highest BCUT2D eigenvalue weighted by atomic mass is 127. The Morgan fingerprint density at radius 3 is 2.92 bits per heavy atom. The van der Waals surface area contributed by atoms with Gasteiger partial charge in [-0.3, -0.25) is 9.18 Å². The Labute approximate surface area is 90.3 Å². The average molecular weight is 295 g/mol. The van der Waals surface area contributed by atoms with Crippen LogP contribution in [0.5, 0.6) is 0 Å². The van der Waals surface area contributed by atoms with E-state index in [9.17, 15) is 9.18 Å². The number of rotatable bonds is 4. The molecule has 1 rings (SSSR count). The third-order valence-electron chi connectivity index (χ3n) is 1.76. The normalized spacial score (nSPS) is 10.4. The van der Waals surface area contributed by atoms with E-state index in [0.29, 0.717) is 18.7 Å². The lowest BCUT2D eigenvalue weighted by molar-refractivity contribution is 0.100. The molecule has 0 saturated heterocycles. The number of halogens is 2. The predicted molar refractivity (Wildman–Crippen MR) is 57.7 cm³/mol. The molecule has 1 heterocycles. The number of hydrogen-bond donors (Lipinski definition) is 0. The molecule has 4 heteroatoms. The molecular formula is C9H11FINO. The first-order chi connectivity index (χ1) is 6.15. The molecule has 0 fully saturated rings. The van der Waals surface area contributed by atoms with Crippen molar-refractivity contribution in [2.45, 2.75) is 19.9 Å². The van der Waals surface area contributed by atoms with Crippen molar-refractivity contribution in [3.63, 3.8) is 0 Å². The molecule has 0 aromatic carbocycles. The number of alkyl halides is 1. The smallest absolute Gasteiger partial charge is 0.176 e. The van der Waals surface area contributed by atoms with Crippen molar-refractivity contribution in [1.29, 1.82) is 0 Å². The molecule has 0 unspecified atom stereocenters. The zero-order valence-corrected chi connectivity index (χ0v) is 9.54. The fraction of sp³-hybridized carbons (Fsp3) is 0.444. The molecule has 1 aromatic rings. The maximum absolute atomic E-state index is 11.9. The summed E-state index contributed by atoms with van der Waals surface area (Å²) in [5.41, 5.74) is 0.665. The van der Waals surface area contributed by atoms with Crippen LogP contribution in [0.1, 0.15) is 23.8 Å². The van der Waals surface area contributed by atoms with Crippen LogP contribution in [0.15, 0.2) is 12.3 Å². The third kappa shape index (κ3) is 2.79. The van der Waals surface area contributed by atoms with E-state index in [4.69, 9.17) is 0 Å². The number of Topliss-reactive ketones (excluding diaryl/α,β-unsaturated/α-hetero) is 1. The van der Waals surface area contributed by atoms with Gasteiger partial charge < -0.3 is 4.57 Å². The summed E-state index contributed by atoms with van der Waals surface area (Å²) in [6.07, 6.45) is 2.33. The number of nitrogens with zero attached hydrogens (tertiary/aromatic N) is 1. The molecule has 0 spiro atoms. The van der Waals surface area contributed by atoms with Gasteiger partial charge in [-0.15, -0.1) is 0 Å². The van der Waals surface area contributed by atoms with Gasteiger partial charge in [0.25, 0.3) is 0 Å². The average Bonchev–Trinajstić information content (AvgIpc) is 2.43. The first-order valence-electron chi connectivity index (χ1n) is 4.07. The molecule has 1 aromatic heterocycles. The molecule has 0 radical (unpaired) electrons. The van der Waals surface area contributed by atoms with Crippen LogP contribution in [-0.4, -0.2) is 17.0 Å². The Morgan fingerprint density at radius 1 is 1.69 bits per heavy atom. The SMILES string of the molecule is CC(=O)c1cc(I)cn1CCCF. The van der Waals surface area contributed by atoms with E-state index < -0.39 is 0 Å². The van der Waals surface area contributed by atoms with E-state index >= 15 is 0 Å². The zero-order chi connectivity index (χ0) is 9.84. The van der Waals surface area contributed by atoms with E-state index in [1.54, 1.807) is 0 Å². The Morgan fingerprint density at radius 2 is 2.38 bits per heavy atom. The van der Waals surface area contributed by atoms with E-state index in [1.165, 1.54) is 6.92 Å². The zero-order valence-electron chi connectivity index (χ0n) is 7.39. The molecule has 0 atom stereocenters. The van der Waals surface area contributed by atoms with Gasteiger partial charge in [0.2, 0.25) is 0 Å². The third-order valence-corrected chi connectivity index (χ3v) is 2.35. The Bertz CT molecular complexity index is 309. The minimum absolute atomic E-state index is 0.0294. The van der Waals surface area contributed by atoms with Gasteiger partial charge in [-0.2, -0.15) is 0 Å². The quantitative estimate of drug-likeness (QED) is 0.618. The molecule has 0 aliphatic rings. The standard InChI is InChI=1S/C9H11FINO/c1-7(13)9-5-8(11)6-12(9)4-2-3-10/h5-6H,2-4H2,1H3. The second-order valence-electron chi connectivity index (χ2n) is 2.84. The number of aryl methyl sites for hydroxylation is 1. The molecule has 0 amide bonds. The maximum atomic E-state index is 11.9. The van der Waals surface area contributed by atoms with E-state index in [1.807, 2.05) is 16.8 Å². The van der Waals surface area contributed by atoms with Crippen molar-refractivity contribution >= 4 is 28.4 Å². The summed E-state index contributed by atoms with van der Waals surface area (Å²) < 4.78 is 14.7. The largest absolute Gasteiger partial charge is 0.344 e. The number of ketones is 1. The minimum Gasteiger partial charge on any atom is -0.344 e. The van der Waals surface area contributed by atoms with Crippen LogP contribution in [0, 0.1) is 3.57 Å². The molecular weight excluding hydrogens is 284 g/mol. The van der Waals surface area contributed by atoms with Crippen molar-refractivity contribution in [3.05, 3.63) is 21.5 Å². The summed E-state index contributed by atoms with van der Waals surface area (Å²) in [6.45, 7) is 1.76. The number of carbonyl (C=O) groups excluding carboxylic acids is 1. The first kappa shape index (κ1) is 10.7. The van der Waals surface area contributed by atoms with Gasteiger partial charge in [0.1, 0.15) is 0 Å². The minimum atomic E-state index is -0.341. The topological polar surface area (TPSA) is 22.0 Å². The van der Waals surface area contributed by atoms with E-state index in [0.717, 1.165) is 3.57 Å². The summed E-state index contributed by atoms with van der Waals surface area (Å²) in [7, 11) is 0. The lowest BCUT2D eigenvalue weighted by Crippen LogP contribution is -2.05. The van der Waals surface area contributed by atoms with Crippen LogP contribution >= 0.6 is 22.6 Å². The summed E-state index contributed by atoms with van der Waals surface area (Å²) in [5, 5.41) is 0. The molecule has 13 heavy (non-hydrogen) atoms. The molecule has 0 aliphatic heterocycles. The van der Waals surface area contributed by atoms with Gasteiger partial charge in [-0.1, -0.05) is 0 Å². The molecule has 2 nitrogen and oxygen atoms in total. The van der Waals surface area contributed by atoms with Gasteiger partial charge in [0.15, 0.2) is 5.78 Å². The Balaban J connectivity index is 2.84. The van der Waals surface area contributed by atoms with Crippen molar-refractivity contribution < 1.29 is 9.18 Å². The highest BCUT2D eigenvalue weighted by Gasteiger charge is 2.07. The second-order valence-corrected chi connectivity index (χ2v) is 4.08. The highest BCUT2D eigenvalue weighted by Crippen LogP contribution is 2.12. The fourth-order valence-electron chi connectivity index (χ4n) is 1.19. The van der Waals surface area contributed by atoms with Gasteiger partial charge in [0, 0.05) is 23.2 Å². The van der Waals surface area contributed by atoms with Gasteiger partial charge in [-0.25, -0.2) is 0 Å². The lowest BCUT2D eigenvalue weighted by Gasteiger charge is -2.03. The predicted octanol–water partition coefficient (Wildman–Crippen LogP) is 2.65. The molecule has 72 valence electrons. The molecule has 0 bridgehead atoms. The van der Waals surface area contributed by atoms with Crippen LogP contribution in [0.3, 0.4) is 0 Å². The highest BCUT2D eigenvalue weighted by molar-refractivity contribution is 14.1. The van der Waals surface area contributed by atoms with Gasteiger partial charge in [-0.05, 0) is 35.1 Å². The van der Waals surface area contributed by atoms with Crippen LogP contribution in [0.2, 0.25) is 0 Å². The van der Waals surface area contributed by atoms with Crippen molar-refractivity contribution in [2.75, 3.05) is 6.67 Å². The second kappa shape index (κ2) is 4.74. The number of carbonyl (C=O) groups is 1. The maximum Gasteiger partial charge on any atom is 0.176 e. The molecule has 0 aliphatic carbocycles. The Hall–Kier alpha value is -0.390. The summed E-state index contributed by atoms with van der Waals surface area (Å²) in [5.74, 6) is 0.0294. The van der Waals surface area contributed by atoms with Crippen molar-refractivity contribution in [2.24, 2.45) is 0 Å². The molecule has 0 N–H and O–H groups in total.